The van der Waals surface area contributed by atoms with Gasteiger partial charge in [0.1, 0.15) is 72.6 Å². The maximum absolute atomic E-state index is 14.8. The van der Waals surface area contributed by atoms with E-state index in [1.54, 1.807) is 30.5 Å². The van der Waals surface area contributed by atoms with E-state index in [-0.39, 0.29) is 37.1 Å². The number of para-hydroxylation sites is 2. The number of esters is 1. The van der Waals surface area contributed by atoms with Crippen molar-refractivity contribution in [3.05, 3.63) is 65.9 Å². The fourth-order valence-electron chi connectivity index (χ4n) is 11.7. The van der Waals surface area contributed by atoms with Gasteiger partial charge in [-0.2, -0.15) is 0 Å². The van der Waals surface area contributed by atoms with Crippen LogP contribution in [0.2, 0.25) is 0 Å². The number of ether oxygens (including phenoxy) is 1. The summed E-state index contributed by atoms with van der Waals surface area (Å²) in [5.74, 6) is -29.7. The summed E-state index contributed by atoms with van der Waals surface area (Å²) >= 11 is 0. The van der Waals surface area contributed by atoms with Gasteiger partial charge in [0.25, 0.3) is 0 Å². The molecule has 3 aromatic rings. The molecule has 14 amide bonds. The number of nitrogens with one attached hydrogen (secondary N) is 14. The van der Waals surface area contributed by atoms with Gasteiger partial charge >= 0.3 is 29.8 Å². The van der Waals surface area contributed by atoms with Crippen LogP contribution in [0.1, 0.15) is 146 Å². The molecule has 0 spiro atoms. The minimum absolute atomic E-state index is 0.0186. The number of carboxylic acids is 4. The second-order valence-corrected chi connectivity index (χ2v) is 27.2. The second kappa shape index (κ2) is 47.6. The molecule has 1 fully saturated rings. The Labute approximate surface area is 657 Å². The number of aliphatic carboxylic acids is 4. The van der Waals surface area contributed by atoms with Crippen molar-refractivity contribution in [3.63, 3.8) is 0 Å². The number of nitrogen functional groups attached to an aromatic ring is 1. The Morgan fingerprint density at radius 1 is 0.548 bits per heavy atom. The molecule has 0 bridgehead atoms. The van der Waals surface area contributed by atoms with E-state index in [9.17, 15) is 121 Å². The van der Waals surface area contributed by atoms with Gasteiger partial charge in [-0.3, -0.25) is 91.1 Å². The van der Waals surface area contributed by atoms with E-state index in [0.29, 0.717) is 29.3 Å². The summed E-state index contributed by atoms with van der Waals surface area (Å²) in [4.78, 5) is 276. The third-order valence-corrected chi connectivity index (χ3v) is 17.9. The number of carbonyl (C=O) groups is 20. The van der Waals surface area contributed by atoms with Crippen molar-refractivity contribution in [2.24, 2.45) is 17.4 Å². The topological polar surface area (TPSA) is 702 Å². The van der Waals surface area contributed by atoms with Crippen LogP contribution in [-0.2, 0) is 102 Å². The molecule has 630 valence electrons. The number of nitrogens with two attached hydrogens (primary N) is 3. The summed E-state index contributed by atoms with van der Waals surface area (Å²) in [5.41, 5.74) is 18.1. The third-order valence-electron chi connectivity index (χ3n) is 17.9. The molecule has 4 rings (SSSR count). The number of ketones is 1. The highest BCUT2D eigenvalue weighted by Crippen LogP contribution is 2.22. The van der Waals surface area contributed by atoms with E-state index in [1.165, 1.54) is 24.3 Å². The summed E-state index contributed by atoms with van der Waals surface area (Å²) in [7, 11) is 0. The van der Waals surface area contributed by atoms with Crippen molar-refractivity contribution < 1.29 is 126 Å². The average molecular weight is 1620 g/mol. The Balaban J connectivity index is 1.87. The number of Topliss-reactive ketones (excluding diaryl/α,β-unsaturated/α-hetero) is 1. The van der Waals surface area contributed by atoms with E-state index < -0.39 is 261 Å². The number of aromatic nitrogens is 1. The molecular formula is C72H101N17O26. The van der Waals surface area contributed by atoms with Crippen molar-refractivity contribution in [2.75, 3.05) is 32.0 Å². The quantitative estimate of drug-likeness (QED) is 0.0113. The lowest BCUT2D eigenvalue weighted by molar-refractivity contribution is -0.156. The Morgan fingerprint density at radius 2 is 1.09 bits per heavy atom. The third kappa shape index (κ3) is 32.5. The standard InChI is InChI=1S/C72H101N17O26/c1-5-6-7-8-9-10-11-22-53(93)81-44(25-38-31-76-42-20-15-13-17-39(38)42)66(108)84-45(27-52(75)92)67(109)86-48(30-59(102)103)68(110)89-61-37(4)115-72(114)49(26-51(91)40-18-12-14-19-41(40)74)87-71(113)60(35(2)24-56(96)97)88-69(111)50(34-90)82-55(95)32-77-63(105)46(28-57(98)99)83-62(104)36(3)79-65(107)47(29-58(100)101)85-64(106)43(21-16-23-73)80-54(94)33-78-70(61)112/h12-15,17-20,31,35-37,43-50,60-61,76,90H,5-11,16,21-30,32-34,73-74H2,1-4H3,(H2,75,92)(H,77,105)(H,78,112)(H,79,107)(H,80,94)(H,81,93)(H,82,95)(H,83,104)(H,84,108)(H,85,106)(H,86,109)(H,87,113)(H,88,111)(H,89,110)(H,96,97)(H,98,99)(H,100,101)(H,102,103)/t35-,36+,37?,43-,44-,45-,46-,47-,48-,49-,50+,60?,61-/m0/s1. The number of amides is 14. The Kier molecular flexibility index (Phi) is 39.2. The molecule has 0 radical (unpaired) electrons. The van der Waals surface area contributed by atoms with Crippen LogP contribution >= 0.6 is 0 Å². The Hall–Kier alpha value is -12.7. The van der Waals surface area contributed by atoms with Gasteiger partial charge in [0, 0.05) is 47.6 Å². The van der Waals surface area contributed by atoms with Crippen molar-refractivity contribution in [3.8, 4) is 0 Å². The first-order valence-electron chi connectivity index (χ1n) is 36.8. The fraction of sp³-hybridized carbons (Fsp3) is 0.528. The van der Waals surface area contributed by atoms with Crippen LogP contribution < -0.4 is 86.3 Å². The number of aliphatic hydroxyl groups excluding tert-OH is 1. The molecule has 0 aliphatic carbocycles. The number of unbranched alkanes of at least 4 members (excludes halogenated alkanes) is 6. The van der Waals surface area contributed by atoms with Crippen molar-refractivity contribution >= 4 is 135 Å². The number of carbonyl (C=O) groups excluding carboxylic acids is 16. The first-order chi connectivity index (χ1) is 54.4. The number of benzene rings is 2. The summed E-state index contributed by atoms with van der Waals surface area (Å²) in [6.07, 6.45) is -2.33. The molecule has 1 aliphatic heterocycles. The minimum atomic E-state index is -2.45. The number of H-pyrrole nitrogens is 1. The number of aliphatic hydroxyl groups is 1. The molecule has 1 aromatic heterocycles. The van der Waals surface area contributed by atoms with Gasteiger partial charge < -0.3 is 122 Å². The van der Waals surface area contributed by atoms with Gasteiger partial charge in [-0.05, 0) is 69.3 Å². The SMILES string of the molecule is CCCCCCCCCC(=O)N[C@@H](Cc1c[nH]c2ccccc12)C(=O)N[C@@H](CC(N)=O)C(=O)N[C@@H](CC(=O)O)C(=O)N[C@@H]1C(=O)NCC(=O)N[C@@H](CCCN)C(=O)N[C@@H](CC(=O)O)C(=O)N[C@H](C)C(=O)N[C@@H](CC(=O)O)C(=O)NCC(=O)N[C@H](CO)C(=O)NC([C@@H](C)CC(=O)O)C(=O)N[C@@H](CC(=O)c2ccccc2N)C(=O)OC1C. The number of carboxylic acid groups (broad SMARTS) is 4. The normalized spacial score (nSPS) is 21.2. The Morgan fingerprint density at radius 3 is 1.69 bits per heavy atom. The van der Waals surface area contributed by atoms with Gasteiger partial charge in [0.2, 0.25) is 82.7 Å². The highest BCUT2D eigenvalue weighted by molar-refractivity contribution is 6.05. The van der Waals surface area contributed by atoms with E-state index in [0.717, 1.165) is 52.9 Å². The molecule has 115 heavy (non-hydrogen) atoms. The summed E-state index contributed by atoms with van der Waals surface area (Å²) in [6, 6.07) is -10.5. The monoisotopic (exact) mass is 1620 g/mol. The zero-order valence-electron chi connectivity index (χ0n) is 63.6. The van der Waals surface area contributed by atoms with E-state index in [2.05, 4.69) is 65.1 Å². The molecule has 1 saturated heterocycles. The minimum Gasteiger partial charge on any atom is -0.481 e. The second-order valence-electron chi connectivity index (χ2n) is 27.2. The van der Waals surface area contributed by atoms with Gasteiger partial charge in [0.05, 0.1) is 51.8 Å². The smallest absolute Gasteiger partial charge is 0.329 e. The molecule has 2 unspecified atom stereocenters. The zero-order valence-corrected chi connectivity index (χ0v) is 63.6. The first kappa shape index (κ1) is 94.7. The number of hydrogen-bond donors (Lipinski definition) is 22. The summed E-state index contributed by atoms with van der Waals surface area (Å²) < 4.78 is 5.68. The molecule has 0 saturated carbocycles. The number of anilines is 1. The molecule has 1 aliphatic rings. The van der Waals surface area contributed by atoms with Crippen molar-refractivity contribution in [1.29, 1.82) is 0 Å². The number of rotatable bonds is 35. The molecule has 2 heterocycles. The lowest BCUT2D eigenvalue weighted by atomic mass is 9.96. The molecule has 43 heteroatoms. The largest absolute Gasteiger partial charge is 0.481 e. The van der Waals surface area contributed by atoms with Gasteiger partial charge in [-0.1, -0.05) is 82.7 Å². The lowest BCUT2D eigenvalue weighted by Gasteiger charge is -2.30. The Bertz CT molecular complexity index is 4040. The summed E-state index contributed by atoms with van der Waals surface area (Å²) in [5, 5.41) is 78.7. The molecule has 13 atom stereocenters. The number of fused-ring (bicyclic) bond motifs is 1. The van der Waals surface area contributed by atoms with Crippen LogP contribution in [0.5, 0.6) is 0 Å². The van der Waals surface area contributed by atoms with Crippen molar-refractivity contribution in [2.45, 2.75) is 209 Å². The molecule has 2 aromatic carbocycles. The molecule has 25 N–H and O–H groups in total. The van der Waals surface area contributed by atoms with Crippen LogP contribution in [0.4, 0.5) is 5.69 Å². The number of primary amides is 1. The van der Waals surface area contributed by atoms with Crippen LogP contribution in [0, 0.1) is 5.92 Å². The maximum atomic E-state index is 14.8. The predicted molar refractivity (Wildman–Crippen MR) is 400 cm³/mol. The number of cyclic esters (lactones) is 1. The van der Waals surface area contributed by atoms with Gasteiger partial charge in [-0.25, -0.2) is 4.79 Å². The predicted octanol–water partition coefficient (Wildman–Crippen LogP) is -5.62. The van der Waals surface area contributed by atoms with Crippen LogP contribution in [-0.4, -0.2) is 248 Å². The average Bonchev–Trinajstić information content (AvgIpc) is 1.72. The maximum Gasteiger partial charge on any atom is 0.329 e. The van der Waals surface area contributed by atoms with Crippen LogP contribution in [0.15, 0.2) is 54.7 Å². The van der Waals surface area contributed by atoms with E-state index >= 15 is 0 Å². The van der Waals surface area contributed by atoms with Gasteiger partial charge in [0.15, 0.2) is 5.78 Å². The fourth-order valence-corrected chi connectivity index (χ4v) is 11.7. The van der Waals surface area contributed by atoms with E-state index in [1.807, 2.05) is 16.0 Å². The van der Waals surface area contributed by atoms with E-state index in [4.69, 9.17) is 21.9 Å². The molecule has 43 nitrogen and oxygen atoms in total. The number of hydrogen-bond acceptors (Lipinski definition) is 24. The lowest BCUT2D eigenvalue weighted by Crippen LogP contribution is -2.62. The van der Waals surface area contributed by atoms with Crippen LogP contribution in [0.25, 0.3) is 10.9 Å². The molecular weight excluding hydrogens is 1520 g/mol. The van der Waals surface area contributed by atoms with Gasteiger partial charge in [-0.15, -0.1) is 0 Å². The highest BCUT2D eigenvalue weighted by atomic mass is 16.5. The zero-order chi connectivity index (χ0) is 85.8. The summed E-state index contributed by atoms with van der Waals surface area (Å²) in [6.45, 7) is 1.11. The number of aromatic amines is 1. The highest BCUT2D eigenvalue weighted by Gasteiger charge is 2.41. The van der Waals surface area contributed by atoms with Crippen LogP contribution in [0.3, 0.4) is 0 Å². The first-order valence-corrected chi connectivity index (χ1v) is 36.8. The van der Waals surface area contributed by atoms with Crippen molar-refractivity contribution in [1.82, 2.24) is 74.1 Å².